The van der Waals surface area contributed by atoms with E-state index in [2.05, 4.69) is 15.9 Å². The fourth-order valence-electron chi connectivity index (χ4n) is 3.20. The van der Waals surface area contributed by atoms with Gasteiger partial charge in [0, 0.05) is 6.08 Å². The van der Waals surface area contributed by atoms with E-state index in [1.54, 1.807) is 42.5 Å². The van der Waals surface area contributed by atoms with E-state index in [-0.39, 0.29) is 10.6 Å². The minimum Gasteiger partial charge on any atom is -0.494 e. The van der Waals surface area contributed by atoms with Crippen molar-refractivity contribution in [3.63, 3.8) is 0 Å². The molecule has 34 heavy (non-hydrogen) atoms. The summed E-state index contributed by atoms with van der Waals surface area (Å²) in [6.07, 6.45) is 2.71. The summed E-state index contributed by atoms with van der Waals surface area (Å²) in [6, 6.07) is 17.5. The quantitative estimate of drug-likeness (QED) is 0.339. The Morgan fingerprint density at radius 1 is 1.00 bits per heavy atom. The molecular weight excluding hydrogens is 522 g/mol. The molecule has 0 saturated carbocycles. The number of sulfonamides is 1. The van der Waals surface area contributed by atoms with Crippen LogP contribution in [0.1, 0.15) is 12.5 Å². The van der Waals surface area contributed by atoms with Crippen LogP contribution in [0.25, 0.3) is 6.08 Å². The second kappa shape index (κ2) is 11.2. The van der Waals surface area contributed by atoms with Crippen molar-refractivity contribution in [3.05, 3.63) is 82.8 Å². The van der Waals surface area contributed by atoms with E-state index in [1.165, 1.54) is 50.6 Å². The van der Waals surface area contributed by atoms with Gasteiger partial charge in [0.1, 0.15) is 5.75 Å². The highest BCUT2D eigenvalue weighted by Gasteiger charge is 2.29. The molecule has 0 aliphatic carbocycles. The smallest absolute Gasteiger partial charge is 0.271 e. The van der Waals surface area contributed by atoms with E-state index in [9.17, 15) is 13.2 Å². The zero-order valence-electron chi connectivity index (χ0n) is 18.9. The Labute approximate surface area is 207 Å². The van der Waals surface area contributed by atoms with Crippen molar-refractivity contribution >= 4 is 43.6 Å². The Balaban J connectivity index is 2.03. The molecule has 0 aromatic heterocycles. The molecular formula is C25H24BrNO6S. The standard InChI is InChI=1S/C25H24BrNO6S/c1-4-33-20-13-11-19(12-14-20)27(34(29,30)21-8-6-5-7-9-21)24(28)15-10-18-16-22(26)25(32-3)23(17-18)31-2/h5-17H,4H2,1-3H3/b15-10+. The number of nitrogens with zero attached hydrogens (tertiary/aromatic N) is 1. The first-order valence-electron chi connectivity index (χ1n) is 10.3. The number of anilines is 1. The molecule has 3 aromatic carbocycles. The molecule has 178 valence electrons. The molecule has 0 bridgehead atoms. The molecule has 0 saturated heterocycles. The highest BCUT2D eigenvalue weighted by Crippen LogP contribution is 2.36. The van der Waals surface area contributed by atoms with E-state index in [0.717, 1.165) is 4.31 Å². The molecule has 0 spiro atoms. The summed E-state index contributed by atoms with van der Waals surface area (Å²) in [4.78, 5) is 13.3. The maximum absolute atomic E-state index is 13.4. The van der Waals surface area contributed by atoms with Gasteiger partial charge in [-0.05, 0) is 83.0 Å². The Morgan fingerprint density at radius 2 is 1.68 bits per heavy atom. The van der Waals surface area contributed by atoms with Crippen molar-refractivity contribution in [2.24, 2.45) is 0 Å². The van der Waals surface area contributed by atoms with Crippen molar-refractivity contribution in [2.75, 3.05) is 25.1 Å². The second-order valence-electron chi connectivity index (χ2n) is 6.92. The molecule has 0 aliphatic heterocycles. The van der Waals surface area contributed by atoms with E-state index < -0.39 is 15.9 Å². The summed E-state index contributed by atoms with van der Waals surface area (Å²) >= 11 is 3.41. The first-order chi connectivity index (χ1) is 16.3. The Bertz CT molecular complexity index is 1270. The number of carbonyl (C=O) groups is 1. The molecule has 0 heterocycles. The van der Waals surface area contributed by atoms with Gasteiger partial charge in [-0.15, -0.1) is 0 Å². The van der Waals surface area contributed by atoms with Crippen LogP contribution in [0.15, 0.2) is 82.2 Å². The van der Waals surface area contributed by atoms with Gasteiger partial charge in [-0.1, -0.05) is 18.2 Å². The lowest BCUT2D eigenvalue weighted by Crippen LogP contribution is -2.35. The lowest BCUT2D eigenvalue weighted by Gasteiger charge is -2.21. The summed E-state index contributed by atoms with van der Waals surface area (Å²) in [5.74, 6) is 0.804. The van der Waals surface area contributed by atoms with Crippen LogP contribution in [0.5, 0.6) is 17.2 Å². The molecule has 0 N–H and O–H groups in total. The van der Waals surface area contributed by atoms with Crippen LogP contribution in [0.2, 0.25) is 0 Å². The number of rotatable bonds is 9. The molecule has 9 heteroatoms. The van der Waals surface area contributed by atoms with Gasteiger partial charge in [-0.2, -0.15) is 4.31 Å². The Kier molecular flexibility index (Phi) is 8.36. The highest BCUT2D eigenvalue weighted by atomic mass is 79.9. The Morgan fingerprint density at radius 3 is 2.26 bits per heavy atom. The minimum atomic E-state index is -4.18. The third kappa shape index (κ3) is 5.60. The maximum Gasteiger partial charge on any atom is 0.271 e. The zero-order chi connectivity index (χ0) is 24.7. The third-order valence-electron chi connectivity index (χ3n) is 4.74. The average molecular weight is 546 g/mol. The molecule has 0 fully saturated rings. The van der Waals surface area contributed by atoms with Crippen molar-refractivity contribution in [2.45, 2.75) is 11.8 Å². The number of halogens is 1. The van der Waals surface area contributed by atoms with Crippen LogP contribution in [0.4, 0.5) is 5.69 Å². The van der Waals surface area contributed by atoms with Crippen LogP contribution in [0, 0.1) is 0 Å². The van der Waals surface area contributed by atoms with Gasteiger partial charge >= 0.3 is 0 Å². The van der Waals surface area contributed by atoms with Crippen LogP contribution >= 0.6 is 15.9 Å². The largest absolute Gasteiger partial charge is 0.494 e. The first kappa shape index (κ1) is 25.3. The summed E-state index contributed by atoms with van der Waals surface area (Å²) in [5, 5.41) is 0. The lowest BCUT2D eigenvalue weighted by atomic mass is 10.2. The molecule has 0 aliphatic rings. The number of hydrogen-bond donors (Lipinski definition) is 0. The van der Waals surface area contributed by atoms with Crippen molar-refractivity contribution in [3.8, 4) is 17.2 Å². The van der Waals surface area contributed by atoms with Gasteiger partial charge in [0.25, 0.3) is 15.9 Å². The van der Waals surface area contributed by atoms with Gasteiger partial charge in [-0.25, -0.2) is 8.42 Å². The molecule has 0 atom stereocenters. The molecule has 1 amide bonds. The van der Waals surface area contributed by atoms with E-state index in [4.69, 9.17) is 14.2 Å². The van der Waals surface area contributed by atoms with E-state index >= 15 is 0 Å². The van der Waals surface area contributed by atoms with Crippen LogP contribution in [0.3, 0.4) is 0 Å². The van der Waals surface area contributed by atoms with Crippen LogP contribution in [-0.2, 0) is 14.8 Å². The first-order valence-corrected chi connectivity index (χ1v) is 12.5. The molecule has 7 nitrogen and oxygen atoms in total. The van der Waals surface area contributed by atoms with Crippen molar-refractivity contribution < 1.29 is 27.4 Å². The summed E-state index contributed by atoms with van der Waals surface area (Å²) in [7, 11) is -1.16. The molecule has 3 rings (SSSR count). The highest BCUT2D eigenvalue weighted by molar-refractivity contribution is 9.10. The number of carbonyl (C=O) groups excluding carboxylic acids is 1. The number of ether oxygens (including phenoxy) is 3. The van der Waals surface area contributed by atoms with Crippen molar-refractivity contribution in [1.82, 2.24) is 0 Å². The summed E-state index contributed by atoms with van der Waals surface area (Å²) < 4.78 is 44.3. The monoisotopic (exact) mass is 545 g/mol. The Hall–Kier alpha value is -3.30. The normalized spacial score (nSPS) is 11.3. The lowest BCUT2D eigenvalue weighted by molar-refractivity contribution is -0.113. The summed E-state index contributed by atoms with van der Waals surface area (Å²) in [6.45, 7) is 2.31. The number of benzene rings is 3. The predicted molar refractivity (Wildman–Crippen MR) is 135 cm³/mol. The van der Waals surface area contributed by atoms with Gasteiger partial charge in [0.2, 0.25) is 0 Å². The summed E-state index contributed by atoms with van der Waals surface area (Å²) in [5.41, 5.74) is 0.803. The number of amides is 1. The van der Waals surface area contributed by atoms with Gasteiger partial charge < -0.3 is 14.2 Å². The minimum absolute atomic E-state index is 0.000467. The van der Waals surface area contributed by atoms with Gasteiger partial charge in [0.05, 0.1) is 35.9 Å². The topological polar surface area (TPSA) is 82.1 Å². The third-order valence-corrected chi connectivity index (χ3v) is 7.07. The second-order valence-corrected chi connectivity index (χ2v) is 9.56. The van der Waals surface area contributed by atoms with Gasteiger partial charge in [0.15, 0.2) is 11.5 Å². The molecule has 0 radical (unpaired) electrons. The number of methoxy groups -OCH3 is 2. The molecule has 3 aromatic rings. The average Bonchev–Trinajstić information content (AvgIpc) is 2.84. The van der Waals surface area contributed by atoms with Crippen LogP contribution < -0.4 is 18.5 Å². The van der Waals surface area contributed by atoms with Gasteiger partial charge in [-0.3, -0.25) is 4.79 Å². The predicted octanol–water partition coefficient (Wildman–Crippen LogP) is 5.30. The fraction of sp³-hybridized carbons (Fsp3) is 0.160. The van der Waals surface area contributed by atoms with Crippen molar-refractivity contribution in [1.29, 1.82) is 0 Å². The van der Waals surface area contributed by atoms with E-state index in [1.807, 2.05) is 6.92 Å². The zero-order valence-corrected chi connectivity index (χ0v) is 21.3. The van der Waals surface area contributed by atoms with Crippen LogP contribution in [-0.4, -0.2) is 35.2 Å². The SMILES string of the molecule is CCOc1ccc(N(C(=O)/C=C/c2cc(Br)c(OC)c(OC)c2)S(=O)(=O)c2ccccc2)cc1. The van der Waals surface area contributed by atoms with E-state index in [0.29, 0.717) is 33.9 Å². The molecule has 0 unspecified atom stereocenters. The maximum atomic E-state index is 13.4. The number of hydrogen-bond acceptors (Lipinski definition) is 6. The fourth-order valence-corrected chi connectivity index (χ4v) is 5.23.